The zero-order chi connectivity index (χ0) is 14.6. The topological polar surface area (TPSA) is 17.1 Å². The van der Waals surface area contributed by atoms with Gasteiger partial charge in [-0.25, -0.2) is 8.78 Å². The van der Waals surface area contributed by atoms with Gasteiger partial charge in [0.15, 0.2) is 0 Å². The number of Topliss-reactive ketones (excluding diaryl/α,β-unsaturated/α-hetero) is 1. The van der Waals surface area contributed by atoms with Crippen LogP contribution >= 0.6 is 27.7 Å². The molecule has 1 aromatic carbocycles. The third-order valence-electron chi connectivity index (χ3n) is 2.09. The van der Waals surface area contributed by atoms with Gasteiger partial charge in [0.05, 0.1) is 5.33 Å². The van der Waals surface area contributed by atoms with Gasteiger partial charge in [0.2, 0.25) is 0 Å². The van der Waals surface area contributed by atoms with Gasteiger partial charge >= 0.3 is 5.51 Å². The van der Waals surface area contributed by atoms with Gasteiger partial charge in [0, 0.05) is 16.9 Å². The van der Waals surface area contributed by atoms with Gasteiger partial charge in [-0.15, -0.1) is 0 Å². The van der Waals surface area contributed by atoms with Crippen molar-refractivity contribution in [2.75, 3.05) is 5.33 Å². The molecule has 1 rings (SSSR count). The number of thioether (sulfide) groups is 1. The molecule has 0 saturated carbocycles. The van der Waals surface area contributed by atoms with Crippen molar-refractivity contribution in [1.82, 2.24) is 0 Å². The lowest BCUT2D eigenvalue weighted by Gasteiger charge is -2.12. The molecule has 19 heavy (non-hydrogen) atoms. The number of hydrogen-bond donors (Lipinski definition) is 0. The van der Waals surface area contributed by atoms with Crippen LogP contribution in [0.2, 0.25) is 0 Å². The Hall–Kier alpha value is -0.630. The monoisotopic (exact) mass is 362 g/mol. The van der Waals surface area contributed by atoms with Crippen LogP contribution in [0, 0.1) is 0 Å². The predicted molar refractivity (Wildman–Crippen MR) is 65.8 cm³/mol. The van der Waals surface area contributed by atoms with E-state index in [0.717, 1.165) is 12.1 Å². The molecule has 0 aliphatic carbocycles. The molecule has 106 valence electrons. The van der Waals surface area contributed by atoms with E-state index in [9.17, 15) is 26.7 Å². The summed E-state index contributed by atoms with van der Waals surface area (Å²) >= 11 is 2.32. The number of alkyl halides is 6. The van der Waals surface area contributed by atoms with Crippen LogP contribution in [0.25, 0.3) is 0 Å². The highest BCUT2D eigenvalue weighted by Gasteiger charge is 2.31. The molecule has 0 unspecified atom stereocenters. The largest absolute Gasteiger partial charge is 0.446 e. The smallest absolute Gasteiger partial charge is 0.298 e. The second kappa shape index (κ2) is 6.69. The number of halogens is 6. The van der Waals surface area contributed by atoms with Gasteiger partial charge in [-0.2, -0.15) is 13.2 Å². The molecule has 0 aliphatic rings. The summed E-state index contributed by atoms with van der Waals surface area (Å²) in [6.07, 6.45) is -3.09. The summed E-state index contributed by atoms with van der Waals surface area (Å²) in [7, 11) is 0. The molecule has 0 bridgehead atoms. The Morgan fingerprint density at radius 1 is 1.32 bits per heavy atom. The molecular weight excluding hydrogens is 355 g/mol. The normalized spacial score (nSPS) is 11.9. The van der Waals surface area contributed by atoms with Crippen LogP contribution in [0.3, 0.4) is 0 Å². The molecule has 0 aliphatic heterocycles. The van der Waals surface area contributed by atoms with Crippen molar-refractivity contribution in [3.63, 3.8) is 0 Å². The molecule has 1 nitrogen and oxygen atoms in total. The highest BCUT2D eigenvalue weighted by Crippen LogP contribution is 2.41. The Kier molecular flexibility index (Phi) is 5.79. The zero-order valence-electron chi connectivity index (χ0n) is 9.31. The SMILES string of the molecule is O=C(CBr)Cc1ccc(C(F)F)c(SC(F)(F)F)c1. The van der Waals surface area contributed by atoms with Crippen LogP contribution in [0.5, 0.6) is 0 Å². The molecule has 1 aromatic rings. The third kappa shape index (κ3) is 5.48. The number of carbonyl (C=O) groups is 1. The molecule has 0 heterocycles. The molecule has 0 saturated heterocycles. The van der Waals surface area contributed by atoms with Crippen molar-refractivity contribution < 1.29 is 26.7 Å². The summed E-state index contributed by atoms with van der Waals surface area (Å²) < 4.78 is 62.1. The minimum atomic E-state index is -4.65. The van der Waals surface area contributed by atoms with E-state index in [4.69, 9.17) is 0 Å². The molecule has 0 radical (unpaired) electrons. The summed E-state index contributed by atoms with van der Waals surface area (Å²) in [5, 5.41) is 0.0609. The molecule has 0 atom stereocenters. The number of benzene rings is 1. The van der Waals surface area contributed by atoms with E-state index < -0.39 is 34.2 Å². The lowest BCUT2D eigenvalue weighted by atomic mass is 10.1. The first-order chi connectivity index (χ1) is 8.73. The molecule has 0 N–H and O–H groups in total. The minimum absolute atomic E-state index is 0.0609. The van der Waals surface area contributed by atoms with E-state index in [-0.39, 0.29) is 23.1 Å². The summed E-state index contributed by atoms with van der Waals surface area (Å²) in [4.78, 5) is 10.6. The van der Waals surface area contributed by atoms with Crippen LogP contribution in [-0.2, 0) is 11.2 Å². The standard InChI is InChI=1S/C11H8BrF5OS/c12-5-7(18)3-6-1-2-8(10(13)14)9(4-6)19-11(15,16)17/h1-2,4,10H,3,5H2. The van der Waals surface area contributed by atoms with E-state index >= 15 is 0 Å². The predicted octanol–water partition coefficient (Wildman–Crippen LogP) is 4.74. The van der Waals surface area contributed by atoms with E-state index in [1.54, 1.807) is 0 Å². The Morgan fingerprint density at radius 2 is 1.95 bits per heavy atom. The maximum atomic E-state index is 12.6. The third-order valence-corrected chi connectivity index (χ3v) is 3.52. The number of rotatable bonds is 5. The number of carbonyl (C=O) groups excluding carboxylic acids is 1. The van der Waals surface area contributed by atoms with E-state index in [1.807, 2.05) is 0 Å². The zero-order valence-corrected chi connectivity index (χ0v) is 11.7. The Morgan fingerprint density at radius 3 is 2.42 bits per heavy atom. The van der Waals surface area contributed by atoms with Crippen molar-refractivity contribution >= 4 is 33.5 Å². The molecule has 0 fully saturated rings. The summed E-state index contributed by atoms with van der Waals surface area (Å²) in [6.45, 7) is 0. The molecule has 0 spiro atoms. The van der Waals surface area contributed by atoms with Gasteiger partial charge in [0.1, 0.15) is 5.78 Å². The fourth-order valence-electron chi connectivity index (χ4n) is 1.36. The molecular formula is C11H8BrF5OS. The average Bonchev–Trinajstić information content (AvgIpc) is 2.26. The maximum absolute atomic E-state index is 12.6. The van der Waals surface area contributed by atoms with Crippen LogP contribution in [0.15, 0.2) is 23.1 Å². The lowest BCUT2D eigenvalue weighted by molar-refractivity contribution is -0.115. The summed E-state index contributed by atoms with van der Waals surface area (Å²) in [5.74, 6) is -0.243. The highest BCUT2D eigenvalue weighted by atomic mass is 79.9. The first kappa shape index (κ1) is 16.4. The van der Waals surface area contributed by atoms with Crippen molar-refractivity contribution in [2.45, 2.75) is 23.3 Å². The lowest BCUT2D eigenvalue weighted by Crippen LogP contribution is -2.06. The van der Waals surface area contributed by atoms with Crippen LogP contribution in [-0.4, -0.2) is 16.6 Å². The van der Waals surface area contributed by atoms with Gasteiger partial charge < -0.3 is 0 Å². The molecule has 0 amide bonds. The minimum Gasteiger partial charge on any atom is -0.298 e. The molecule has 8 heteroatoms. The fourth-order valence-corrected chi connectivity index (χ4v) is 2.29. The quantitative estimate of drug-likeness (QED) is 0.427. The van der Waals surface area contributed by atoms with Crippen molar-refractivity contribution in [2.24, 2.45) is 0 Å². The summed E-state index contributed by atoms with van der Waals surface area (Å²) in [6, 6.07) is 3.15. The Labute approximate surface area is 118 Å². The van der Waals surface area contributed by atoms with Crippen molar-refractivity contribution in [3.05, 3.63) is 29.3 Å². The van der Waals surface area contributed by atoms with Gasteiger partial charge in [-0.05, 0) is 23.4 Å². The average molecular weight is 363 g/mol. The number of ketones is 1. The van der Waals surface area contributed by atoms with E-state index in [1.165, 1.54) is 6.07 Å². The molecule has 0 aromatic heterocycles. The first-order valence-corrected chi connectivity index (χ1v) is 6.91. The van der Waals surface area contributed by atoms with Crippen LogP contribution in [0.1, 0.15) is 17.6 Å². The van der Waals surface area contributed by atoms with E-state index in [2.05, 4.69) is 15.9 Å². The second-order valence-electron chi connectivity index (χ2n) is 3.57. The Balaban J connectivity index is 3.07. The van der Waals surface area contributed by atoms with Crippen molar-refractivity contribution in [1.29, 1.82) is 0 Å². The van der Waals surface area contributed by atoms with Gasteiger partial charge in [-0.1, -0.05) is 28.1 Å². The van der Waals surface area contributed by atoms with Crippen LogP contribution < -0.4 is 0 Å². The number of hydrogen-bond acceptors (Lipinski definition) is 2. The van der Waals surface area contributed by atoms with Crippen LogP contribution in [0.4, 0.5) is 22.0 Å². The summed E-state index contributed by atoms with van der Waals surface area (Å²) in [5.41, 5.74) is -5.06. The highest BCUT2D eigenvalue weighted by molar-refractivity contribution is 9.09. The van der Waals surface area contributed by atoms with Crippen molar-refractivity contribution in [3.8, 4) is 0 Å². The maximum Gasteiger partial charge on any atom is 0.446 e. The van der Waals surface area contributed by atoms with Gasteiger partial charge in [0.25, 0.3) is 6.43 Å². The van der Waals surface area contributed by atoms with E-state index in [0.29, 0.717) is 0 Å². The fraction of sp³-hybridized carbons (Fsp3) is 0.364. The Bertz CT molecular complexity index is 461. The second-order valence-corrected chi connectivity index (χ2v) is 5.24. The van der Waals surface area contributed by atoms with Gasteiger partial charge in [-0.3, -0.25) is 4.79 Å². The first-order valence-electron chi connectivity index (χ1n) is 4.97.